The third kappa shape index (κ3) is 41.8. The number of carbonyl (C=O) groups excluding carboxylic acids is 4. The van der Waals surface area contributed by atoms with E-state index in [1.165, 1.54) is 11.3 Å². The van der Waals surface area contributed by atoms with Crippen LogP contribution in [0.15, 0.2) is 207 Å². The first-order valence-corrected chi connectivity index (χ1v) is 40.1. The number of alkyl halides is 2. The van der Waals surface area contributed by atoms with Crippen LogP contribution < -0.4 is 5.73 Å². The van der Waals surface area contributed by atoms with Crippen LogP contribution in [0.3, 0.4) is 0 Å². The number of nitrogens with zero attached hydrogens (tertiary/aromatic N) is 2. The van der Waals surface area contributed by atoms with Crippen LogP contribution in [0.1, 0.15) is 124 Å². The summed E-state index contributed by atoms with van der Waals surface area (Å²) in [6.45, 7) is 18.9. The number of benzene rings is 8. The van der Waals surface area contributed by atoms with Gasteiger partial charge in [-0.25, -0.2) is 19.0 Å². The second kappa shape index (κ2) is 52.9. The highest BCUT2D eigenvalue weighted by Crippen LogP contribution is 2.26. The van der Waals surface area contributed by atoms with Crippen molar-refractivity contribution >= 4 is 200 Å². The van der Waals surface area contributed by atoms with Crippen molar-refractivity contribution in [2.45, 2.75) is 108 Å². The summed E-state index contributed by atoms with van der Waals surface area (Å²) < 4.78 is 51.4. The Kier molecular flexibility index (Phi) is 47.9. The van der Waals surface area contributed by atoms with Crippen LogP contribution >= 0.6 is 151 Å². The van der Waals surface area contributed by atoms with E-state index in [4.69, 9.17) is 39.2 Å². The average Bonchev–Trinajstić information content (AvgIpc) is 1.86. The lowest BCUT2D eigenvalue weighted by Crippen LogP contribution is -2.24. The summed E-state index contributed by atoms with van der Waals surface area (Å²) in [6.07, 6.45) is 1.26. The van der Waals surface area contributed by atoms with Crippen LogP contribution in [-0.4, -0.2) is 79.0 Å². The minimum absolute atomic E-state index is 0. The number of ether oxygens (including phenoxy) is 1. The molecule has 0 saturated carbocycles. The van der Waals surface area contributed by atoms with Gasteiger partial charge in [-0.3, -0.25) is 32.8 Å². The Morgan fingerprint density at radius 2 is 0.857 bits per heavy atom. The highest BCUT2D eigenvalue weighted by Gasteiger charge is 2.17. The first kappa shape index (κ1) is 95.1. The predicted molar refractivity (Wildman–Crippen MR) is 454 cm³/mol. The van der Waals surface area contributed by atoms with Crippen LogP contribution in [0, 0.1) is 41.5 Å². The van der Waals surface area contributed by atoms with Crippen LogP contribution in [0.25, 0.3) is 22.5 Å². The number of hydrogen-bond donors (Lipinski definition) is 3. The number of anilines is 1. The molecule has 2 aromatic heterocycles. The van der Waals surface area contributed by atoms with E-state index >= 15 is 0 Å². The Bertz CT molecular complexity index is 4320. The molecule has 0 spiro atoms. The molecular formula is C78H82Br6Cl3F2N3O10S3. The fraction of sp³-hybridized carbons (Fsp3) is 0.231. The highest BCUT2D eigenvalue weighted by molar-refractivity contribution is 9.11. The van der Waals surface area contributed by atoms with Crippen molar-refractivity contribution in [1.29, 1.82) is 0 Å². The average molecular weight is 1940 g/mol. The monoisotopic (exact) mass is 1930 g/mol. The van der Waals surface area contributed by atoms with E-state index in [0.29, 0.717) is 35.5 Å². The second-order valence-electron chi connectivity index (χ2n) is 22.6. The number of carbonyl (C=O) groups is 6. The standard InChI is InChI=1S/C19H16BrNOS.C13H17BrO2.C9H9BrO2.C9H9BrO.C9H8N2S.C8H6BrClO.C8H7BrO2.2CH3F.CH4.Cl2OS/c1-13-9-14(7-8-17(13)20)10-16(22)11-19-21-18(12-23-19)15-5-3-2-4-6-15;1-9-7-10(5-6-11(9)14)8-12(15)16-13(2,3)4;1-6-4-7(5-9(11)12)2-3-8(6)10;1-6-5-8(7(2)11)3-4-9(6)10;10-9-11-8(6-12-9)7-4-2-1-3-5-7;2*1-5-4-6(8(10)11)2-3-7(5)9;2*1-2;;1-4(2)3/h2-9,12H,10-11H2,1H3;5-7H,8H2,1-4H3;2-4H,5H2,1H3,(H,11,12);3-5H,1-2H3;1-6H,(H2,10,11);2-4H,1H3;2-4H,1H3,(H,10,11);2*1H3;1H4;/i;;;;;;;2*1D;;. The molecule has 0 aliphatic heterocycles. The summed E-state index contributed by atoms with van der Waals surface area (Å²) in [5, 5.41) is 22.2. The summed E-state index contributed by atoms with van der Waals surface area (Å²) in [6, 6.07) is 53.3. The number of Topliss-reactive ketones (excluding diaryl/α,β-unsaturated/α-hetero) is 2. The fourth-order valence-corrected chi connectivity index (χ4v) is 11.2. The van der Waals surface area contributed by atoms with E-state index in [0.717, 1.165) is 110 Å². The minimum Gasteiger partial charge on any atom is -0.481 e. The molecule has 0 unspecified atom stereocenters. The third-order valence-corrected chi connectivity index (χ3v) is 20.2. The number of thiazole rings is 2. The van der Waals surface area contributed by atoms with Gasteiger partial charge in [0.15, 0.2) is 10.9 Å². The summed E-state index contributed by atoms with van der Waals surface area (Å²) in [5.74, 6) is -1.56. The number of aromatic carboxylic acids is 1. The molecule has 4 N–H and O–H groups in total. The third-order valence-electron chi connectivity index (χ3n) is 13.1. The van der Waals surface area contributed by atoms with E-state index in [-0.39, 0.29) is 31.4 Å². The summed E-state index contributed by atoms with van der Waals surface area (Å²) in [5.41, 5.74) is 20.1. The van der Waals surface area contributed by atoms with Crippen LogP contribution in [0.5, 0.6) is 0 Å². The van der Waals surface area contributed by atoms with Gasteiger partial charge in [-0.1, -0.05) is 206 Å². The van der Waals surface area contributed by atoms with Crippen molar-refractivity contribution in [2.24, 2.45) is 0 Å². The molecule has 0 radical (unpaired) electrons. The lowest BCUT2D eigenvalue weighted by Gasteiger charge is -2.19. The maximum absolute atomic E-state index is 12.3. The molecule has 0 atom stereocenters. The smallest absolute Gasteiger partial charge is 0.335 e. The molecule has 0 aliphatic rings. The first-order chi connectivity index (χ1) is 49.7. The molecule has 0 amide bonds. The van der Waals surface area contributed by atoms with Gasteiger partial charge in [0.05, 0.1) is 53.3 Å². The van der Waals surface area contributed by atoms with Crippen LogP contribution in [0.4, 0.5) is 13.9 Å². The van der Waals surface area contributed by atoms with Gasteiger partial charge in [0.25, 0.3) is 5.24 Å². The summed E-state index contributed by atoms with van der Waals surface area (Å²) >= 11 is 28.5. The molecule has 8 aromatic carbocycles. The molecule has 0 aliphatic carbocycles. The zero-order valence-corrected chi connectivity index (χ0v) is 72.3. The Morgan fingerprint density at radius 1 is 0.524 bits per heavy atom. The van der Waals surface area contributed by atoms with Gasteiger partial charge in [-0.2, -0.15) is 0 Å². The van der Waals surface area contributed by atoms with E-state index in [9.17, 15) is 37.5 Å². The largest absolute Gasteiger partial charge is 0.481 e. The highest BCUT2D eigenvalue weighted by atomic mass is 79.9. The van der Waals surface area contributed by atoms with Crippen LogP contribution in [0.2, 0.25) is 0 Å². The zero-order valence-electron chi connectivity index (χ0n) is 60.1. The number of nitrogens with two attached hydrogens (primary N) is 1. The number of nitrogen functional groups attached to an aromatic ring is 1. The SMILES string of the molecule is C.CC(=O)c1ccc(Br)c(C)c1.Cc1cc(C(=O)Cl)ccc1Br.Cc1cc(C(=O)O)ccc1Br.Cc1cc(CC(=O)Cc2nc(-c3ccccc3)cs2)ccc1Br.Cc1cc(CC(=O)O)ccc1Br.Cc1cc(CC(=O)OC(C)(C)C)ccc1Br.Nc1nc(-c2ccccc2)cs1.O=S(Cl)Cl.[2H]CF.[2H]CF. The number of esters is 1. The molecule has 0 bridgehead atoms. The number of hydrogen-bond acceptors (Lipinski definition) is 13. The number of carboxylic acids is 2. The van der Waals surface area contributed by atoms with Gasteiger partial charge < -0.3 is 20.7 Å². The van der Waals surface area contributed by atoms with Gasteiger partial charge in [0, 0.05) is 87.6 Å². The number of aliphatic carboxylic acids is 1. The van der Waals surface area contributed by atoms with E-state index in [2.05, 4.69) is 133 Å². The number of aromatic nitrogens is 2. The molecule has 0 saturated heterocycles. The van der Waals surface area contributed by atoms with Gasteiger partial charge in [0.1, 0.15) is 16.4 Å². The number of carboxylic acid groups (broad SMARTS) is 2. The number of aryl methyl sites for hydroxylation is 6. The van der Waals surface area contributed by atoms with Crippen molar-refractivity contribution in [2.75, 3.05) is 20.0 Å². The van der Waals surface area contributed by atoms with E-state index < -0.39 is 46.3 Å². The minimum atomic E-state index is -1.67. The van der Waals surface area contributed by atoms with Crippen molar-refractivity contribution < 1.29 is 59.4 Å². The Morgan fingerprint density at radius 3 is 1.20 bits per heavy atom. The quantitative estimate of drug-likeness (QED) is 0.0556. The molecule has 10 aromatic rings. The Labute approximate surface area is 692 Å². The fourth-order valence-electron chi connectivity index (χ4n) is 8.20. The molecule has 10 rings (SSSR count). The van der Waals surface area contributed by atoms with E-state index in [1.54, 1.807) is 48.6 Å². The molecule has 564 valence electrons. The normalized spacial score (nSPS) is 10.1. The van der Waals surface area contributed by atoms with Gasteiger partial charge in [-0.05, 0) is 198 Å². The number of rotatable bonds is 13. The van der Waals surface area contributed by atoms with Crippen molar-refractivity contribution in [3.8, 4) is 22.5 Å². The van der Waals surface area contributed by atoms with Gasteiger partial charge in [-0.15, -0.1) is 22.7 Å². The lowest BCUT2D eigenvalue weighted by atomic mass is 10.1. The predicted octanol–water partition coefficient (Wildman–Crippen LogP) is 25.1. The molecule has 0 fully saturated rings. The molecule has 2 heterocycles. The van der Waals surface area contributed by atoms with Crippen molar-refractivity contribution in [3.63, 3.8) is 0 Å². The molecular weight excluding hydrogens is 1860 g/mol. The van der Waals surface area contributed by atoms with Gasteiger partial charge in [0.2, 0.25) is 9.23 Å². The molecule has 27 heteroatoms. The van der Waals surface area contributed by atoms with Crippen LogP contribution in [-0.2, 0) is 54.0 Å². The molecule has 13 nitrogen and oxygen atoms in total. The molecule has 105 heavy (non-hydrogen) atoms. The zero-order chi connectivity index (χ0) is 80.4. The van der Waals surface area contributed by atoms with Crippen molar-refractivity contribution in [3.05, 3.63) is 279 Å². The summed E-state index contributed by atoms with van der Waals surface area (Å²) in [7, 11) is 5.36. The maximum Gasteiger partial charge on any atom is 0.335 e. The topological polar surface area (TPSA) is 221 Å². The van der Waals surface area contributed by atoms with Crippen molar-refractivity contribution in [1.82, 2.24) is 9.97 Å². The van der Waals surface area contributed by atoms with E-state index in [1.807, 2.05) is 207 Å². The summed E-state index contributed by atoms with van der Waals surface area (Å²) in [4.78, 5) is 75.0. The number of halogens is 11. The first-order valence-electron chi connectivity index (χ1n) is 31.8. The Hall–Kier alpha value is -6.00. The Balaban J connectivity index is 0.00000122. The van der Waals surface area contributed by atoms with Gasteiger partial charge >= 0.3 is 17.9 Å². The maximum atomic E-state index is 12.3. The second-order valence-corrected chi connectivity index (χ2v) is 32.4. The lowest BCUT2D eigenvalue weighted by molar-refractivity contribution is -0.154. The number of ketones is 2.